The predicted molar refractivity (Wildman–Crippen MR) is 84.7 cm³/mol. The maximum atomic E-state index is 12.8. The quantitative estimate of drug-likeness (QED) is 0.784. The topological polar surface area (TPSA) is 60.9 Å². The van der Waals surface area contributed by atoms with E-state index in [1.807, 2.05) is 56.3 Å². The Morgan fingerprint density at radius 2 is 1.76 bits per heavy atom. The monoisotopic (exact) mass is 279 g/mol. The van der Waals surface area contributed by atoms with Crippen LogP contribution in [0.5, 0.6) is 0 Å². The van der Waals surface area contributed by atoms with Crippen molar-refractivity contribution in [3.05, 3.63) is 70.3 Å². The first-order chi connectivity index (χ1) is 10.1. The second kappa shape index (κ2) is 5.14. The number of aryl methyl sites for hydroxylation is 1. The van der Waals surface area contributed by atoms with Crippen LogP contribution in [0.3, 0.4) is 0 Å². The van der Waals surface area contributed by atoms with Crippen LogP contribution < -0.4 is 11.3 Å². The van der Waals surface area contributed by atoms with Gasteiger partial charge >= 0.3 is 0 Å². The average molecular weight is 279 g/mol. The fourth-order valence-corrected chi connectivity index (χ4v) is 2.40. The van der Waals surface area contributed by atoms with Crippen molar-refractivity contribution < 1.29 is 0 Å². The number of hydrogen-bond acceptors (Lipinski definition) is 3. The summed E-state index contributed by atoms with van der Waals surface area (Å²) in [5, 5.41) is 0.600. The van der Waals surface area contributed by atoms with Gasteiger partial charge in [-0.2, -0.15) is 0 Å². The number of hydrogen-bond donors (Lipinski definition) is 1. The van der Waals surface area contributed by atoms with E-state index in [1.54, 1.807) is 10.6 Å². The highest BCUT2D eigenvalue weighted by Gasteiger charge is 2.15. The highest BCUT2D eigenvalue weighted by atomic mass is 16.1. The van der Waals surface area contributed by atoms with Crippen LogP contribution in [0.2, 0.25) is 0 Å². The predicted octanol–water partition coefficient (Wildman–Crippen LogP) is 2.71. The summed E-state index contributed by atoms with van der Waals surface area (Å²) in [6, 6.07) is 14.8. The fourth-order valence-electron chi connectivity index (χ4n) is 2.40. The molecule has 3 rings (SSSR count). The molecule has 2 N–H and O–H groups in total. The van der Waals surface area contributed by atoms with Crippen LogP contribution in [0.25, 0.3) is 16.6 Å². The number of rotatable bonds is 2. The van der Waals surface area contributed by atoms with Gasteiger partial charge in [-0.25, -0.2) is 4.98 Å². The second-order valence-electron chi connectivity index (χ2n) is 5.25. The lowest BCUT2D eigenvalue weighted by atomic mass is 10.2. The third-order valence-electron chi connectivity index (χ3n) is 3.50. The van der Waals surface area contributed by atoms with Gasteiger partial charge in [0.2, 0.25) is 0 Å². The van der Waals surface area contributed by atoms with Gasteiger partial charge in [-0.05, 0) is 38.1 Å². The van der Waals surface area contributed by atoms with Crippen molar-refractivity contribution >= 4 is 10.9 Å². The molecule has 3 aromatic rings. The minimum Gasteiger partial charge on any atom is -0.322 e. The van der Waals surface area contributed by atoms with Crippen LogP contribution >= 0.6 is 0 Å². The molecule has 21 heavy (non-hydrogen) atoms. The molecule has 0 amide bonds. The summed E-state index contributed by atoms with van der Waals surface area (Å²) in [6.45, 7) is 3.85. The Morgan fingerprint density at radius 3 is 2.43 bits per heavy atom. The smallest absolute Gasteiger partial charge is 0.266 e. The molecular weight excluding hydrogens is 262 g/mol. The molecule has 2 aromatic carbocycles. The third-order valence-corrected chi connectivity index (χ3v) is 3.50. The van der Waals surface area contributed by atoms with Gasteiger partial charge in [0.05, 0.1) is 22.6 Å². The van der Waals surface area contributed by atoms with Crippen LogP contribution in [0.15, 0.2) is 53.3 Å². The van der Waals surface area contributed by atoms with E-state index >= 15 is 0 Å². The van der Waals surface area contributed by atoms with Gasteiger partial charge in [0.15, 0.2) is 0 Å². The molecule has 0 saturated carbocycles. The largest absolute Gasteiger partial charge is 0.322 e. The van der Waals surface area contributed by atoms with Crippen molar-refractivity contribution in [1.82, 2.24) is 9.55 Å². The number of nitrogens with two attached hydrogens (primary N) is 1. The van der Waals surface area contributed by atoms with Crippen molar-refractivity contribution in [2.75, 3.05) is 0 Å². The maximum absolute atomic E-state index is 12.8. The first-order valence-corrected chi connectivity index (χ1v) is 6.92. The lowest BCUT2D eigenvalue weighted by molar-refractivity contribution is 0.696. The standard InChI is InChI=1S/C17H17N3O/c1-11-7-9-13(10-8-11)20-16(12(2)18)19-15-6-4-3-5-14(15)17(20)21/h3-10,12H,18H2,1-2H3/t12-/m1/s1. The summed E-state index contributed by atoms with van der Waals surface area (Å²) >= 11 is 0. The van der Waals surface area contributed by atoms with Crippen LogP contribution in [-0.2, 0) is 0 Å². The van der Waals surface area contributed by atoms with Crippen molar-refractivity contribution in [1.29, 1.82) is 0 Å². The number of aromatic nitrogens is 2. The molecule has 0 spiro atoms. The van der Waals surface area contributed by atoms with E-state index in [1.165, 1.54) is 0 Å². The minimum atomic E-state index is -0.330. The summed E-state index contributed by atoms with van der Waals surface area (Å²) < 4.78 is 1.60. The summed E-state index contributed by atoms with van der Waals surface area (Å²) in [5.41, 5.74) is 8.54. The zero-order chi connectivity index (χ0) is 15.0. The highest BCUT2D eigenvalue weighted by Crippen LogP contribution is 2.16. The molecular formula is C17H17N3O. The summed E-state index contributed by atoms with van der Waals surface area (Å²) in [5.74, 6) is 0.572. The van der Waals surface area contributed by atoms with Gasteiger partial charge in [0, 0.05) is 0 Å². The lowest BCUT2D eigenvalue weighted by Gasteiger charge is -2.16. The first kappa shape index (κ1) is 13.5. The van der Waals surface area contributed by atoms with E-state index in [2.05, 4.69) is 4.98 Å². The Labute approximate surface area is 122 Å². The molecule has 0 bridgehead atoms. The van der Waals surface area contributed by atoms with Crippen LogP contribution in [0.4, 0.5) is 0 Å². The normalized spacial score (nSPS) is 12.5. The molecule has 0 unspecified atom stereocenters. The van der Waals surface area contributed by atoms with Crippen LogP contribution in [0, 0.1) is 6.92 Å². The van der Waals surface area contributed by atoms with E-state index in [0.717, 1.165) is 11.3 Å². The number of fused-ring (bicyclic) bond motifs is 1. The molecule has 1 atom stereocenters. The van der Waals surface area contributed by atoms with Crippen molar-refractivity contribution in [2.45, 2.75) is 19.9 Å². The Morgan fingerprint density at radius 1 is 1.10 bits per heavy atom. The van der Waals surface area contributed by atoms with E-state index < -0.39 is 0 Å². The molecule has 0 radical (unpaired) electrons. The molecule has 106 valence electrons. The third kappa shape index (κ3) is 2.34. The molecule has 0 fully saturated rings. The summed E-state index contributed by atoms with van der Waals surface area (Å²) in [7, 11) is 0. The first-order valence-electron chi connectivity index (χ1n) is 6.92. The van der Waals surface area contributed by atoms with E-state index in [0.29, 0.717) is 16.7 Å². The Hall–Kier alpha value is -2.46. The number of para-hydroxylation sites is 1. The van der Waals surface area contributed by atoms with Gasteiger partial charge in [-0.15, -0.1) is 0 Å². The van der Waals surface area contributed by atoms with Crippen LogP contribution in [-0.4, -0.2) is 9.55 Å². The van der Waals surface area contributed by atoms with Gasteiger partial charge < -0.3 is 5.73 Å². The SMILES string of the molecule is Cc1ccc(-n2c([C@@H](C)N)nc3ccccc3c2=O)cc1. The van der Waals surface area contributed by atoms with Gasteiger partial charge in [-0.3, -0.25) is 9.36 Å². The molecule has 1 heterocycles. The van der Waals surface area contributed by atoms with E-state index in [4.69, 9.17) is 5.73 Å². The number of nitrogens with zero attached hydrogens (tertiary/aromatic N) is 2. The molecule has 0 aliphatic rings. The molecule has 0 aliphatic carbocycles. The fraction of sp³-hybridized carbons (Fsp3) is 0.176. The van der Waals surface area contributed by atoms with Gasteiger partial charge in [0.25, 0.3) is 5.56 Å². The summed E-state index contributed by atoms with van der Waals surface area (Å²) in [4.78, 5) is 17.4. The number of benzene rings is 2. The summed E-state index contributed by atoms with van der Waals surface area (Å²) in [6.07, 6.45) is 0. The minimum absolute atomic E-state index is 0.0863. The molecule has 0 saturated heterocycles. The lowest BCUT2D eigenvalue weighted by Crippen LogP contribution is -2.27. The second-order valence-corrected chi connectivity index (χ2v) is 5.25. The molecule has 4 heteroatoms. The zero-order valence-electron chi connectivity index (χ0n) is 12.1. The van der Waals surface area contributed by atoms with Crippen molar-refractivity contribution in [2.24, 2.45) is 5.73 Å². The Balaban J connectivity index is 2.39. The Bertz CT molecular complexity index is 848. The van der Waals surface area contributed by atoms with Crippen molar-refractivity contribution in [3.8, 4) is 5.69 Å². The van der Waals surface area contributed by atoms with E-state index in [-0.39, 0.29) is 11.6 Å². The van der Waals surface area contributed by atoms with E-state index in [9.17, 15) is 4.79 Å². The molecule has 4 nitrogen and oxygen atoms in total. The highest BCUT2D eigenvalue weighted by molar-refractivity contribution is 5.77. The van der Waals surface area contributed by atoms with Crippen LogP contribution in [0.1, 0.15) is 24.4 Å². The Kier molecular flexibility index (Phi) is 3.31. The van der Waals surface area contributed by atoms with Crippen molar-refractivity contribution in [3.63, 3.8) is 0 Å². The zero-order valence-corrected chi connectivity index (χ0v) is 12.1. The average Bonchev–Trinajstić information content (AvgIpc) is 2.48. The maximum Gasteiger partial charge on any atom is 0.266 e. The molecule has 0 aliphatic heterocycles. The van der Waals surface area contributed by atoms with Gasteiger partial charge in [0.1, 0.15) is 5.82 Å². The molecule has 1 aromatic heterocycles. The van der Waals surface area contributed by atoms with Gasteiger partial charge in [-0.1, -0.05) is 29.8 Å².